The first kappa shape index (κ1) is 15.3. The van der Waals surface area contributed by atoms with E-state index in [1.165, 1.54) is 5.56 Å². The van der Waals surface area contributed by atoms with Crippen LogP contribution in [-0.2, 0) is 6.42 Å². The lowest BCUT2D eigenvalue weighted by Crippen LogP contribution is -2.03. The highest BCUT2D eigenvalue weighted by atomic mass is 79.9. The Morgan fingerprint density at radius 1 is 1.15 bits per heavy atom. The molecule has 0 aliphatic rings. The molecule has 2 aromatic carbocycles. The highest BCUT2D eigenvalue weighted by Crippen LogP contribution is 2.24. The normalized spacial score (nSPS) is 10.8. The van der Waals surface area contributed by atoms with E-state index in [1.807, 2.05) is 12.1 Å². The molecule has 0 aromatic heterocycles. The average molecular weight is 352 g/mol. The molecule has 0 aliphatic carbocycles. The van der Waals surface area contributed by atoms with Gasteiger partial charge in [-0.05, 0) is 45.1 Å². The fourth-order valence-electron chi connectivity index (χ4n) is 1.98. The van der Waals surface area contributed by atoms with E-state index in [-0.39, 0.29) is 5.78 Å². The topological polar surface area (TPSA) is 17.1 Å². The molecule has 2 aromatic rings. The molecule has 2 rings (SSSR count). The molecule has 3 heteroatoms. The van der Waals surface area contributed by atoms with Gasteiger partial charge in [0.15, 0.2) is 5.78 Å². The van der Waals surface area contributed by atoms with Crippen molar-refractivity contribution in [1.29, 1.82) is 0 Å². The Bertz CT molecular complexity index is 617. The minimum atomic E-state index is 0.0803. The maximum atomic E-state index is 12.2. The predicted octanol–water partition coefficient (Wildman–Crippen LogP) is 5.65. The number of benzene rings is 2. The Morgan fingerprint density at radius 2 is 1.80 bits per heavy atom. The smallest absolute Gasteiger partial charge is 0.167 e. The van der Waals surface area contributed by atoms with Crippen molar-refractivity contribution in [2.45, 2.75) is 26.2 Å². The van der Waals surface area contributed by atoms with Gasteiger partial charge in [0.2, 0.25) is 0 Å². The molecule has 20 heavy (non-hydrogen) atoms. The van der Waals surface area contributed by atoms with E-state index in [9.17, 15) is 4.79 Å². The third kappa shape index (κ3) is 3.71. The molecule has 0 aliphatic heterocycles. The lowest BCUT2D eigenvalue weighted by Gasteiger charge is -2.07. The van der Waals surface area contributed by atoms with Crippen molar-refractivity contribution in [1.82, 2.24) is 0 Å². The number of carbonyl (C=O) groups is 1. The minimum absolute atomic E-state index is 0.0803. The number of carbonyl (C=O) groups excluding carboxylic acids is 1. The van der Waals surface area contributed by atoms with Crippen LogP contribution in [0.1, 0.15) is 41.3 Å². The van der Waals surface area contributed by atoms with Crippen molar-refractivity contribution >= 4 is 33.3 Å². The first-order valence-electron chi connectivity index (χ1n) is 6.54. The van der Waals surface area contributed by atoms with Gasteiger partial charge in [-0.3, -0.25) is 4.79 Å². The number of rotatable bonds is 4. The minimum Gasteiger partial charge on any atom is -0.294 e. The van der Waals surface area contributed by atoms with Gasteiger partial charge in [0, 0.05) is 16.5 Å². The van der Waals surface area contributed by atoms with Crippen LogP contribution in [0.25, 0.3) is 0 Å². The third-order valence-electron chi connectivity index (χ3n) is 3.25. The van der Waals surface area contributed by atoms with Gasteiger partial charge in [0.25, 0.3) is 0 Å². The van der Waals surface area contributed by atoms with Gasteiger partial charge in [0.1, 0.15) is 0 Å². The van der Waals surface area contributed by atoms with Crippen LogP contribution in [0.5, 0.6) is 0 Å². The fourth-order valence-corrected chi connectivity index (χ4v) is 2.40. The molecule has 0 heterocycles. The van der Waals surface area contributed by atoms with Crippen molar-refractivity contribution < 1.29 is 4.79 Å². The summed E-state index contributed by atoms with van der Waals surface area (Å²) in [6, 6.07) is 13.5. The lowest BCUT2D eigenvalue weighted by atomic mass is 9.98. The molecule has 0 amide bonds. The van der Waals surface area contributed by atoms with Crippen molar-refractivity contribution in [3.8, 4) is 0 Å². The van der Waals surface area contributed by atoms with Crippen LogP contribution in [-0.4, -0.2) is 5.78 Å². The van der Waals surface area contributed by atoms with Gasteiger partial charge in [-0.1, -0.05) is 55.8 Å². The maximum Gasteiger partial charge on any atom is 0.167 e. The lowest BCUT2D eigenvalue weighted by molar-refractivity contribution is 0.0993. The summed E-state index contributed by atoms with van der Waals surface area (Å²) in [4.78, 5) is 12.2. The summed E-state index contributed by atoms with van der Waals surface area (Å²) in [5.74, 6) is 0.585. The SMILES string of the molecule is CC(C)c1ccc(CC(=O)c2ccc(Br)c(Cl)c2)cc1. The van der Waals surface area contributed by atoms with Crippen LogP contribution in [0.3, 0.4) is 0 Å². The van der Waals surface area contributed by atoms with Crippen molar-refractivity contribution in [2.75, 3.05) is 0 Å². The summed E-state index contributed by atoms with van der Waals surface area (Å²) in [6.07, 6.45) is 0.399. The van der Waals surface area contributed by atoms with Gasteiger partial charge in [-0.25, -0.2) is 0 Å². The molecule has 0 saturated heterocycles. The van der Waals surface area contributed by atoms with Crippen LogP contribution in [0.4, 0.5) is 0 Å². The van der Waals surface area contributed by atoms with Crippen LogP contribution in [0, 0.1) is 0 Å². The van der Waals surface area contributed by atoms with Crippen LogP contribution in [0.2, 0.25) is 5.02 Å². The van der Waals surface area contributed by atoms with Crippen molar-refractivity contribution in [2.24, 2.45) is 0 Å². The van der Waals surface area contributed by atoms with E-state index in [4.69, 9.17) is 11.6 Å². The first-order valence-corrected chi connectivity index (χ1v) is 7.71. The van der Waals surface area contributed by atoms with Crippen LogP contribution >= 0.6 is 27.5 Å². The van der Waals surface area contributed by atoms with Gasteiger partial charge in [-0.15, -0.1) is 0 Å². The summed E-state index contributed by atoms with van der Waals surface area (Å²) in [5, 5.41) is 0.561. The van der Waals surface area contributed by atoms with E-state index in [0.717, 1.165) is 10.0 Å². The summed E-state index contributed by atoms with van der Waals surface area (Å²) >= 11 is 9.34. The summed E-state index contributed by atoms with van der Waals surface area (Å²) < 4.78 is 0.803. The van der Waals surface area contributed by atoms with E-state index < -0.39 is 0 Å². The second-order valence-electron chi connectivity index (χ2n) is 5.13. The molecular weight excluding hydrogens is 336 g/mol. The Balaban J connectivity index is 2.12. The Morgan fingerprint density at radius 3 is 2.35 bits per heavy atom. The number of halogens is 2. The van der Waals surface area contributed by atoms with Gasteiger partial charge >= 0.3 is 0 Å². The summed E-state index contributed by atoms with van der Waals surface area (Å²) in [5.41, 5.74) is 2.96. The fraction of sp³-hybridized carbons (Fsp3) is 0.235. The number of hydrogen-bond donors (Lipinski definition) is 0. The van der Waals surface area contributed by atoms with E-state index in [1.54, 1.807) is 18.2 Å². The number of Topliss-reactive ketones (excluding diaryl/α,β-unsaturated/α-hetero) is 1. The van der Waals surface area contributed by atoms with Crippen molar-refractivity contribution in [3.63, 3.8) is 0 Å². The molecule has 1 nitrogen and oxygen atoms in total. The highest BCUT2D eigenvalue weighted by Gasteiger charge is 2.09. The standard InChI is InChI=1S/C17H16BrClO/c1-11(2)13-5-3-12(4-6-13)9-17(20)14-7-8-15(18)16(19)10-14/h3-8,10-11H,9H2,1-2H3. The summed E-state index contributed by atoms with van der Waals surface area (Å²) in [7, 11) is 0. The van der Waals surface area contributed by atoms with Crippen molar-refractivity contribution in [3.05, 3.63) is 68.7 Å². The zero-order valence-electron chi connectivity index (χ0n) is 11.5. The zero-order valence-corrected chi connectivity index (χ0v) is 13.8. The first-order chi connectivity index (χ1) is 9.47. The van der Waals surface area contributed by atoms with Crippen LogP contribution in [0.15, 0.2) is 46.9 Å². The Hall–Kier alpha value is -1.12. The number of hydrogen-bond acceptors (Lipinski definition) is 1. The Kier molecular flexibility index (Phi) is 5.00. The zero-order chi connectivity index (χ0) is 14.7. The number of ketones is 1. The van der Waals surface area contributed by atoms with E-state index in [0.29, 0.717) is 22.9 Å². The second-order valence-corrected chi connectivity index (χ2v) is 6.39. The molecule has 0 radical (unpaired) electrons. The molecule has 0 N–H and O–H groups in total. The van der Waals surface area contributed by atoms with Crippen LogP contribution < -0.4 is 0 Å². The van der Waals surface area contributed by atoms with Gasteiger partial charge in [0.05, 0.1) is 5.02 Å². The van der Waals surface area contributed by atoms with E-state index >= 15 is 0 Å². The molecule has 0 fully saturated rings. The Labute approximate surface area is 133 Å². The molecule has 104 valence electrons. The third-order valence-corrected chi connectivity index (χ3v) is 4.49. The monoisotopic (exact) mass is 350 g/mol. The predicted molar refractivity (Wildman–Crippen MR) is 87.7 cm³/mol. The largest absolute Gasteiger partial charge is 0.294 e. The average Bonchev–Trinajstić information content (AvgIpc) is 2.42. The van der Waals surface area contributed by atoms with Gasteiger partial charge < -0.3 is 0 Å². The molecular formula is C17H16BrClO. The summed E-state index contributed by atoms with van der Waals surface area (Å²) in [6.45, 7) is 4.31. The molecule has 0 unspecified atom stereocenters. The maximum absolute atomic E-state index is 12.2. The second kappa shape index (κ2) is 6.55. The molecule has 0 atom stereocenters. The molecule has 0 bridgehead atoms. The van der Waals surface area contributed by atoms with Gasteiger partial charge in [-0.2, -0.15) is 0 Å². The molecule has 0 spiro atoms. The quantitative estimate of drug-likeness (QED) is 0.650. The molecule has 0 saturated carbocycles. The van der Waals surface area contributed by atoms with E-state index in [2.05, 4.69) is 41.9 Å². The highest BCUT2D eigenvalue weighted by molar-refractivity contribution is 9.10.